The van der Waals surface area contributed by atoms with Gasteiger partial charge in [-0.05, 0) is 61.6 Å². The second-order valence-electron chi connectivity index (χ2n) is 10.1. The fraction of sp³-hybridized carbons (Fsp3) is 0.219. The lowest BCUT2D eigenvalue weighted by molar-refractivity contribution is 0.0941. The molecule has 0 aliphatic carbocycles. The van der Waals surface area contributed by atoms with Crippen LogP contribution < -0.4 is 20.7 Å². The molecular weight excluding hydrogens is 532 g/mol. The molecule has 10 nitrogen and oxygen atoms in total. The lowest BCUT2D eigenvalue weighted by Crippen LogP contribution is -2.32. The Morgan fingerprint density at radius 2 is 1.38 bits per heavy atom. The number of carbonyl (C=O) groups is 3. The number of benzene rings is 2. The molecule has 0 saturated carbocycles. The van der Waals surface area contributed by atoms with Crippen molar-refractivity contribution in [3.05, 3.63) is 101 Å². The van der Waals surface area contributed by atoms with Gasteiger partial charge in [-0.1, -0.05) is 36.4 Å². The van der Waals surface area contributed by atoms with E-state index in [0.717, 1.165) is 23.4 Å². The molecule has 0 unspecified atom stereocenters. The standard InChI is InChI=1S/C32H36N6O4/c1-36(2)16-15-33-31(40)28-18-26(21-37(28)3)35-32(41)29-19-25(20-38(29)4)34-30(39)24-13-11-22(12-14-24)9-10-23-7-6-8-27(17-23)42-5/h6-14,17-21H,15-16H2,1-5H3,(H,33,40)(H,34,39)(H,35,41)/b10-9+. The third kappa shape index (κ3) is 7.76. The molecule has 10 heteroatoms. The monoisotopic (exact) mass is 568 g/mol. The van der Waals surface area contributed by atoms with Crippen molar-refractivity contribution in [1.82, 2.24) is 19.4 Å². The van der Waals surface area contributed by atoms with Crippen LogP contribution in [0.2, 0.25) is 0 Å². The van der Waals surface area contributed by atoms with Gasteiger partial charge in [0.25, 0.3) is 17.7 Å². The molecule has 4 aromatic rings. The maximum Gasteiger partial charge on any atom is 0.272 e. The van der Waals surface area contributed by atoms with Crippen molar-refractivity contribution < 1.29 is 19.1 Å². The summed E-state index contributed by atoms with van der Waals surface area (Å²) in [6.07, 6.45) is 7.30. The number of likely N-dealkylation sites (N-methyl/N-ethyl adjacent to an activating group) is 1. The van der Waals surface area contributed by atoms with Gasteiger partial charge in [-0.15, -0.1) is 0 Å². The van der Waals surface area contributed by atoms with Crippen LogP contribution >= 0.6 is 0 Å². The second-order valence-corrected chi connectivity index (χ2v) is 10.1. The van der Waals surface area contributed by atoms with Gasteiger partial charge < -0.3 is 34.7 Å². The Hall–Kier alpha value is -5.09. The fourth-order valence-electron chi connectivity index (χ4n) is 4.28. The maximum absolute atomic E-state index is 13.0. The predicted octanol–water partition coefficient (Wildman–Crippen LogP) is 4.34. The number of aromatic nitrogens is 2. The van der Waals surface area contributed by atoms with Crippen LogP contribution in [-0.4, -0.2) is 66.1 Å². The Labute approximate surface area is 245 Å². The molecular formula is C32H36N6O4. The Morgan fingerprint density at radius 3 is 2.00 bits per heavy atom. The molecule has 2 aromatic heterocycles. The number of amides is 3. The van der Waals surface area contributed by atoms with Crippen LogP contribution in [0.15, 0.2) is 73.1 Å². The van der Waals surface area contributed by atoms with E-state index in [1.54, 1.807) is 67.0 Å². The molecule has 0 spiro atoms. The normalized spacial score (nSPS) is 11.1. The van der Waals surface area contributed by atoms with Crippen molar-refractivity contribution in [3.63, 3.8) is 0 Å². The number of rotatable bonds is 11. The van der Waals surface area contributed by atoms with E-state index in [4.69, 9.17) is 4.74 Å². The minimum Gasteiger partial charge on any atom is -0.497 e. The van der Waals surface area contributed by atoms with Crippen LogP contribution in [0.4, 0.5) is 11.4 Å². The average molecular weight is 569 g/mol. The number of hydrogen-bond donors (Lipinski definition) is 3. The summed E-state index contributed by atoms with van der Waals surface area (Å²) < 4.78 is 8.56. The number of aryl methyl sites for hydroxylation is 2. The lowest BCUT2D eigenvalue weighted by atomic mass is 10.1. The number of anilines is 2. The first-order valence-corrected chi connectivity index (χ1v) is 13.4. The molecule has 42 heavy (non-hydrogen) atoms. The summed E-state index contributed by atoms with van der Waals surface area (Å²) >= 11 is 0. The molecule has 3 amide bonds. The van der Waals surface area contributed by atoms with E-state index in [1.165, 1.54) is 0 Å². The summed E-state index contributed by atoms with van der Waals surface area (Å²) in [6.45, 7) is 1.24. The SMILES string of the molecule is COc1cccc(/C=C/c2ccc(C(=O)Nc3cc(C(=O)Nc4cc(C(=O)NCCN(C)C)n(C)c4)n(C)c3)cc2)c1. The molecule has 3 N–H and O–H groups in total. The van der Waals surface area contributed by atoms with Crippen LogP contribution in [0.5, 0.6) is 5.75 Å². The summed E-state index contributed by atoms with van der Waals surface area (Å²) in [4.78, 5) is 40.4. The van der Waals surface area contributed by atoms with Crippen LogP contribution in [0, 0.1) is 0 Å². The zero-order chi connectivity index (χ0) is 30.2. The highest BCUT2D eigenvalue weighted by molar-refractivity contribution is 6.07. The number of nitrogens with zero attached hydrogens (tertiary/aromatic N) is 3. The van der Waals surface area contributed by atoms with Gasteiger partial charge in [0.05, 0.1) is 18.5 Å². The maximum atomic E-state index is 13.0. The highest BCUT2D eigenvalue weighted by Crippen LogP contribution is 2.19. The van der Waals surface area contributed by atoms with Gasteiger partial charge in [0, 0.05) is 45.1 Å². The quantitative estimate of drug-likeness (QED) is 0.233. The summed E-state index contributed by atoms with van der Waals surface area (Å²) in [7, 11) is 8.97. The Morgan fingerprint density at radius 1 is 0.786 bits per heavy atom. The first kappa shape index (κ1) is 29.9. The molecule has 0 fully saturated rings. The van der Waals surface area contributed by atoms with E-state index in [1.807, 2.05) is 67.5 Å². The minimum atomic E-state index is -0.365. The Balaban J connectivity index is 1.35. The van der Waals surface area contributed by atoms with Crippen LogP contribution in [0.1, 0.15) is 42.5 Å². The zero-order valence-corrected chi connectivity index (χ0v) is 24.5. The van der Waals surface area contributed by atoms with Crippen molar-refractivity contribution in [2.24, 2.45) is 14.1 Å². The van der Waals surface area contributed by atoms with E-state index < -0.39 is 0 Å². The highest BCUT2D eigenvalue weighted by atomic mass is 16.5. The van der Waals surface area contributed by atoms with E-state index in [0.29, 0.717) is 34.9 Å². The molecule has 0 saturated heterocycles. The van der Waals surface area contributed by atoms with E-state index >= 15 is 0 Å². The molecule has 0 bridgehead atoms. The molecule has 218 valence electrons. The van der Waals surface area contributed by atoms with Gasteiger partial charge in [0.2, 0.25) is 0 Å². The lowest BCUT2D eigenvalue weighted by Gasteiger charge is -2.10. The van der Waals surface area contributed by atoms with Crippen LogP contribution in [0.25, 0.3) is 12.2 Å². The van der Waals surface area contributed by atoms with Crippen LogP contribution in [0.3, 0.4) is 0 Å². The van der Waals surface area contributed by atoms with Crippen molar-refractivity contribution >= 4 is 41.2 Å². The van der Waals surface area contributed by atoms with E-state index in [9.17, 15) is 14.4 Å². The highest BCUT2D eigenvalue weighted by Gasteiger charge is 2.17. The fourth-order valence-corrected chi connectivity index (χ4v) is 4.28. The van der Waals surface area contributed by atoms with Gasteiger partial charge in [-0.3, -0.25) is 14.4 Å². The Kier molecular flexibility index (Phi) is 9.61. The topological polar surface area (TPSA) is 110 Å². The summed E-state index contributed by atoms with van der Waals surface area (Å²) in [5.41, 5.74) is 4.22. The number of nitrogens with one attached hydrogen (secondary N) is 3. The number of methoxy groups -OCH3 is 1. The van der Waals surface area contributed by atoms with Crippen molar-refractivity contribution in [2.45, 2.75) is 0 Å². The predicted molar refractivity (Wildman–Crippen MR) is 166 cm³/mol. The molecule has 0 atom stereocenters. The first-order valence-electron chi connectivity index (χ1n) is 13.4. The smallest absolute Gasteiger partial charge is 0.272 e. The van der Waals surface area contributed by atoms with Gasteiger partial charge in [0.1, 0.15) is 17.1 Å². The minimum absolute atomic E-state index is 0.218. The number of hydrogen-bond acceptors (Lipinski definition) is 5. The first-order chi connectivity index (χ1) is 20.1. The number of ether oxygens (including phenoxy) is 1. The van der Waals surface area contributed by atoms with Gasteiger partial charge in [0.15, 0.2) is 0 Å². The van der Waals surface area contributed by atoms with E-state index in [2.05, 4.69) is 16.0 Å². The van der Waals surface area contributed by atoms with Gasteiger partial charge in [-0.2, -0.15) is 0 Å². The molecule has 2 aromatic carbocycles. The summed E-state index contributed by atoms with van der Waals surface area (Å²) in [6, 6.07) is 18.2. The molecule has 2 heterocycles. The molecule has 0 radical (unpaired) electrons. The zero-order valence-electron chi connectivity index (χ0n) is 24.5. The van der Waals surface area contributed by atoms with Gasteiger partial charge >= 0.3 is 0 Å². The third-order valence-electron chi connectivity index (χ3n) is 6.57. The largest absolute Gasteiger partial charge is 0.497 e. The number of carbonyl (C=O) groups excluding carboxylic acids is 3. The molecule has 0 aliphatic rings. The van der Waals surface area contributed by atoms with Crippen molar-refractivity contribution in [2.75, 3.05) is 44.9 Å². The molecule has 0 aliphatic heterocycles. The Bertz CT molecular complexity index is 1600. The summed E-state index contributed by atoms with van der Waals surface area (Å²) in [5.74, 6) is -0.0838. The van der Waals surface area contributed by atoms with Crippen LogP contribution in [-0.2, 0) is 14.1 Å². The third-order valence-corrected chi connectivity index (χ3v) is 6.57. The average Bonchev–Trinajstić information content (AvgIpc) is 3.52. The van der Waals surface area contributed by atoms with Gasteiger partial charge in [-0.25, -0.2) is 0 Å². The summed E-state index contributed by atoms with van der Waals surface area (Å²) in [5, 5.41) is 8.55. The van der Waals surface area contributed by atoms with Crippen molar-refractivity contribution in [1.29, 1.82) is 0 Å². The van der Waals surface area contributed by atoms with E-state index in [-0.39, 0.29) is 17.7 Å². The molecule has 4 rings (SSSR count). The second kappa shape index (κ2) is 13.5. The van der Waals surface area contributed by atoms with Crippen molar-refractivity contribution in [3.8, 4) is 5.75 Å².